The first-order valence-corrected chi connectivity index (χ1v) is 12.0. The molecule has 1 heterocycles. The van der Waals surface area contributed by atoms with E-state index in [0.29, 0.717) is 30.5 Å². The maximum absolute atomic E-state index is 13.3. The summed E-state index contributed by atoms with van der Waals surface area (Å²) in [4.78, 5) is 20.6. The van der Waals surface area contributed by atoms with E-state index in [9.17, 15) is 4.79 Å². The van der Waals surface area contributed by atoms with E-state index in [0.717, 1.165) is 27.6 Å². The largest absolute Gasteiger partial charge is 0.493 e. The van der Waals surface area contributed by atoms with Crippen LogP contribution in [0.3, 0.4) is 0 Å². The number of carbonyl (C=O) groups excluding carboxylic acids is 1. The molecule has 0 aromatic heterocycles. The lowest BCUT2D eigenvalue weighted by Crippen LogP contribution is -2.28. The highest BCUT2D eigenvalue weighted by Crippen LogP contribution is 2.34. The molecule has 0 aliphatic carbocycles. The number of hydrogen-bond acceptors (Lipinski definition) is 4. The Labute approximate surface area is 200 Å². The van der Waals surface area contributed by atoms with Crippen LogP contribution in [0.2, 0.25) is 0 Å². The molecule has 4 nitrogen and oxygen atoms in total. The third-order valence-electron chi connectivity index (χ3n) is 5.07. The smallest absolute Gasteiger partial charge is 0.267 e. The van der Waals surface area contributed by atoms with Crippen molar-refractivity contribution in [2.24, 2.45) is 10.9 Å². The molecule has 0 N–H and O–H groups in total. The van der Waals surface area contributed by atoms with Gasteiger partial charge in [0, 0.05) is 0 Å². The molecule has 1 amide bonds. The number of hydrogen-bond donors (Lipinski definition) is 0. The number of rotatable bonds is 8. The van der Waals surface area contributed by atoms with Crippen molar-refractivity contribution in [3.8, 4) is 5.75 Å². The molecule has 1 fully saturated rings. The van der Waals surface area contributed by atoms with Gasteiger partial charge in [0.05, 0.1) is 24.6 Å². The van der Waals surface area contributed by atoms with Gasteiger partial charge in [-0.15, -0.1) is 0 Å². The number of amidine groups is 1. The summed E-state index contributed by atoms with van der Waals surface area (Å²) < 4.78 is 5.77. The molecular weight excluding hydrogens is 428 g/mol. The Morgan fingerprint density at radius 1 is 0.909 bits per heavy atom. The maximum Gasteiger partial charge on any atom is 0.267 e. The first kappa shape index (κ1) is 22.9. The minimum absolute atomic E-state index is 0.0178. The van der Waals surface area contributed by atoms with Gasteiger partial charge < -0.3 is 4.74 Å². The van der Waals surface area contributed by atoms with Crippen LogP contribution in [0.15, 0.2) is 94.8 Å². The molecule has 1 aliphatic heterocycles. The SMILES string of the molecule is CC(C)COc1ccc(C=C2SC(=NCc3ccccc3)N(Cc3ccccc3)C2=O)cc1. The molecule has 33 heavy (non-hydrogen) atoms. The molecule has 0 bridgehead atoms. The Bertz CT molecular complexity index is 1120. The van der Waals surface area contributed by atoms with Crippen LogP contribution < -0.4 is 4.74 Å². The second-order valence-corrected chi connectivity index (χ2v) is 9.35. The Morgan fingerprint density at radius 3 is 2.18 bits per heavy atom. The number of aliphatic imine (C=N–C) groups is 1. The van der Waals surface area contributed by atoms with Crippen LogP contribution in [0, 0.1) is 5.92 Å². The van der Waals surface area contributed by atoms with Crippen molar-refractivity contribution in [3.63, 3.8) is 0 Å². The third-order valence-corrected chi connectivity index (χ3v) is 6.12. The molecule has 3 aromatic carbocycles. The molecule has 4 rings (SSSR count). The van der Waals surface area contributed by atoms with Crippen LogP contribution in [0.25, 0.3) is 6.08 Å². The van der Waals surface area contributed by atoms with Crippen LogP contribution >= 0.6 is 11.8 Å². The summed E-state index contributed by atoms with van der Waals surface area (Å²) in [5.74, 6) is 1.30. The molecule has 0 atom stereocenters. The highest BCUT2D eigenvalue weighted by atomic mass is 32.2. The van der Waals surface area contributed by atoms with Crippen molar-refractivity contribution in [2.45, 2.75) is 26.9 Å². The summed E-state index contributed by atoms with van der Waals surface area (Å²) in [7, 11) is 0. The van der Waals surface area contributed by atoms with E-state index in [4.69, 9.17) is 9.73 Å². The second-order valence-electron chi connectivity index (χ2n) is 8.35. The van der Waals surface area contributed by atoms with E-state index >= 15 is 0 Å². The van der Waals surface area contributed by atoms with Crippen molar-refractivity contribution in [1.29, 1.82) is 0 Å². The molecule has 1 aliphatic rings. The Kier molecular flexibility index (Phi) is 7.63. The molecule has 1 saturated heterocycles. The molecule has 0 radical (unpaired) electrons. The Balaban J connectivity index is 1.55. The number of nitrogens with zero attached hydrogens (tertiary/aromatic N) is 2. The summed E-state index contributed by atoms with van der Waals surface area (Å²) in [6, 6.07) is 28.0. The number of ether oxygens (including phenoxy) is 1. The van der Waals surface area contributed by atoms with Gasteiger partial charge in [-0.1, -0.05) is 86.6 Å². The lowest BCUT2D eigenvalue weighted by Gasteiger charge is -2.15. The highest BCUT2D eigenvalue weighted by Gasteiger charge is 2.33. The van der Waals surface area contributed by atoms with E-state index in [1.807, 2.05) is 91.0 Å². The van der Waals surface area contributed by atoms with Crippen molar-refractivity contribution in [3.05, 3.63) is 107 Å². The van der Waals surface area contributed by atoms with Gasteiger partial charge >= 0.3 is 0 Å². The van der Waals surface area contributed by atoms with E-state index in [-0.39, 0.29) is 5.91 Å². The quantitative estimate of drug-likeness (QED) is 0.369. The fourth-order valence-corrected chi connectivity index (χ4v) is 4.32. The fourth-order valence-electron chi connectivity index (χ4n) is 3.35. The van der Waals surface area contributed by atoms with E-state index < -0.39 is 0 Å². The molecular formula is C28H28N2O2S. The minimum atomic E-state index is -0.0178. The van der Waals surface area contributed by atoms with E-state index in [1.165, 1.54) is 11.8 Å². The van der Waals surface area contributed by atoms with E-state index in [2.05, 4.69) is 13.8 Å². The average Bonchev–Trinajstić information content (AvgIpc) is 3.12. The monoisotopic (exact) mass is 456 g/mol. The Morgan fingerprint density at radius 2 is 1.55 bits per heavy atom. The third kappa shape index (κ3) is 6.36. The van der Waals surface area contributed by atoms with Gasteiger partial charge in [-0.05, 0) is 52.6 Å². The van der Waals surface area contributed by atoms with Gasteiger partial charge in [-0.3, -0.25) is 14.7 Å². The lowest BCUT2D eigenvalue weighted by molar-refractivity contribution is -0.122. The number of amides is 1. The van der Waals surface area contributed by atoms with Gasteiger partial charge in [0.15, 0.2) is 5.17 Å². The summed E-state index contributed by atoms with van der Waals surface area (Å²) in [5.41, 5.74) is 3.16. The zero-order valence-corrected chi connectivity index (χ0v) is 19.8. The zero-order valence-electron chi connectivity index (χ0n) is 19.0. The minimum Gasteiger partial charge on any atom is -0.493 e. The second kappa shape index (κ2) is 11.0. The molecule has 0 unspecified atom stereocenters. The van der Waals surface area contributed by atoms with Crippen molar-refractivity contribution >= 4 is 28.9 Å². The summed E-state index contributed by atoms with van der Waals surface area (Å²) >= 11 is 1.43. The lowest BCUT2D eigenvalue weighted by atomic mass is 10.2. The topological polar surface area (TPSA) is 41.9 Å². The van der Waals surface area contributed by atoms with Crippen molar-refractivity contribution < 1.29 is 9.53 Å². The van der Waals surface area contributed by atoms with Crippen molar-refractivity contribution in [1.82, 2.24) is 4.90 Å². The molecule has 0 saturated carbocycles. The number of thioether (sulfide) groups is 1. The zero-order chi connectivity index (χ0) is 23.0. The van der Waals surface area contributed by atoms with Gasteiger partial charge in [0.2, 0.25) is 0 Å². The molecule has 168 valence electrons. The normalized spacial score (nSPS) is 16.2. The van der Waals surface area contributed by atoms with Gasteiger partial charge in [0.25, 0.3) is 5.91 Å². The van der Waals surface area contributed by atoms with Crippen LogP contribution in [0.4, 0.5) is 0 Å². The van der Waals surface area contributed by atoms with E-state index in [1.54, 1.807) is 4.90 Å². The van der Waals surface area contributed by atoms with Crippen LogP contribution in [0.1, 0.15) is 30.5 Å². The fraction of sp³-hybridized carbons (Fsp3) is 0.214. The standard InChI is InChI=1S/C28H28N2O2S/c1-21(2)20-32-25-15-13-22(14-16-25)17-26-27(31)30(19-24-11-7-4-8-12-24)28(33-26)29-18-23-9-5-3-6-10-23/h3-17,21H,18-20H2,1-2H3. The van der Waals surface area contributed by atoms with Gasteiger partial charge in [0.1, 0.15) is 5.75 Å². The first-order valence-electron chi connectivity index (χ1n) is 11.1. The van der Waals surface area contributed by atoms with Crippen molar-refractivity contribution in [2.75, 3.05) is 6.61 Å². The number of benzene rings is 3. The van der Waals surface area contributed by atoms with Crippen LogP contribution in [-0.2, 0) is 17.9 Å². The first-order chi connectivity index (χ1) is 16.1. The van der Waals surface area contributed by atoms with Crippen LogP contribution in [-0.4, -0.2) is 22.6 Å². The molecule has 3 aromatic rings. The van der Waals surface area contributed by atoms with Crippen LogP contribution in [0.5, 0.6) is 5.75 Å². The maximum atomic E-state index is 13.3. The summed E-state index contributed by atoms with van der Waals surface area (Å²) in [6.07, 6.45) is 1.93. The molecule has 5 heteroatoms. The predicted molar refractivity (Wildman–Crippen MR) is 137 cm³/mol. The Hall–Kier alpha value is -3.31. The average molecular weight is 457 g/mol. The van der Waals surface area contributed by atoms with Gasteiger partial charge in [-0.2, -0.15) is 0 Å². The predicted octanol–water partition coefficient (Wildman–Crippen LogP) is 6.39. The summed E-state index contributed by atoms with van der Waals surface area (Å²) in [6.45, 7) is 5.97. The highest BCUT2D eigenvalue weighted by molar-refractivity contribution is 8.18. The van der Waals surface area contributed by atoms with Gasteiger partial charge in [-0.25, -0.2) is 0 Å². The summed E-state index contributed by atoms with van der Waals surface area (Å²) in [5, 5.41) is 0.732. The molecule has 0 spiro atoms. The number of carbonyl (C=O) groups is 1.